The van der Waals surface area contributed by atoms with Crippen molar-refractivity contribution in [2.24, 2.45) is 0 Å². The van der Waals surface area contributed by atoms with Gasteiger partial charge in [-0.3, -0.25) is 4.98 Å². The van der Waals surface area contributed by atoms with E-state index in [-0.39, 0.29) is 5.75 Å². The van der Waals surface area contributed by atoms with Crippen LogP contribution in [0.1, 0.15) is 5.56 Å². The second kappa shape index (κ2) is 4.53. The van der Waals surface area contributed by atoms with E-state index in [0.717, 1.165) is 11.3 Å². The Hall–Kier alpha value is -2.23. The number of anilines is 2. The number of aromatic hydroxyl groups is 1. The molecule has 82 valence electrons. The molecule has 0 aliphatic rings. The minimum atomic E-state index is 0.223. The number of aromatic nitrogens is 1. The average Bonchev–Trinajstić information content (AvgIpc) is 2.32. The quantitative estimate of drug-likeness (QED) is 0.541. The van der Waals surface area contributed by atoms with Crippen molar-refractivity contribution in [1.82, 2.24) is 4.98 Å². The molecule has 0 unspecified atom stereocenters. The molecule has 0 radical (unpaired) electrons. The maximum absolute atomic E-state index is 9.34. The van der Waals surface area contributed by atoms with E-state index in [2.05, 4.69) is 10.3 Å². The van der Waals surface area contributed by atoms with E-state index in [9.17, 15) is 5.11 Å². The first-order chi connectivity index (χ1) is 7.75. The lowest BCUT2D eigenvalue weighted by atomic mass is 10.1. The van der Waals surface area contributed by atoms with Crippen LogP contribution in [-0.4, -0.2) is 10.1 Å². The SMILES string of the molecule is Nc1ccc(O)cc1CNc1ccncc1. The van der Waals surface area contributed by atoms with Crippen LogP contribution in [0.15, 0.2) is 42.7 Å². The van der Waals surface area contributed by atoms with Gasteiger partial charge in [-0.2, -0.15) is 0 Å². The number of pyridine rings is 1. The minimum Gasteiger partial charge on any atom is -0.508 e. The number of phenolic OH excluding ortho intramolecular Hbond substituents is 1. The van der Waals surface area contributed by atoms with E-state index < -0.39 is 0 Å². The molecule has 0 fully saturated rings. The Morgan fingerprint density at radius 3 is 2.69 bits per heavy atom. The van der Waals surface area contributed by atoms with Crippen molar-refractivity contribution in [2.45, 2.75) is 6.54 Å². The summed E-state index contributed by atoms with van der Waals surface area (Å²) in [6, 6.07) is 8.67. The van der Waals surface area contributed by atoms with Gasteiger partial charge in [-0.25, -0.2) is 0 Å². The number of nitrogen functional groups attached to an aromatic ring is 1. The average molecular weight is 215 g/mol. The molecule has 4 nitrogen and oxygen atoms in total. The first-order valence-corrected chi connectivity index (χ1v) is 4.97. The third-order valence-corrected chi connectivity index (χ3v) is 2.29. The fourth-order valence-corrected chi connectivity index (χ4v) is 1.41. The second-order valence-electron chi connectivity index (χ2n) is 3.47. The normalized spacial score (nSPS) is 10.0. The molecule has 0 atom stereocenters. The van der Waals surface area contributed by atoms with Crippen molar-refractivity contribution in [3.63, 3.8) is 0 Å². The predicted octanol–water partition coefficient (Wildman–Crippen LogP) is 1.98. The summed E-state index contributed by atoms with van der Waals surface area (Å²) in [7, 11) is 0. The Bertz CT molecular complexity index is 471. The van der Waals surface area contributed by atoms with Gasteiger partial charge in [0.1, 0.15) is 5.75 Å². The lowest BCUT2D eigenvalue weighted by Gasteiger charge is -2.08. The maximum Gasteiger partial charge on any atom is 0.116 e. The second-order valence-corrected chi connectivity index (χ2v) is 3.47. The van der Waals surface area contributed by atoms with Crippen LogP contribution in [0.2, 0.25) is 0 Å². The first-order valence-electron chi connectivity index (χ1n) is 4.97. The van der Waals surface area contributed by atoms with Gasteiger partial charge in [0, 0.05) is 30.3 Å². The first kappa shape index (κ1) is 10.3. The third kappa shape index (κ3) is 2.42. The summed E-state index contributed by atoms with van der Waals surface area (Å²) in [4.78, 5) is 3.93. The molecular weight excluding hydrogens is 202 g/mol. The summed E-state index contributed by atoms with van der Waals surface area (Å²) >= 11 is 0. The molecule has 2 aromatic rings. The molecule has 0 saturated heterocycles. The summed E-state index contributed by atoms with van der Waals surface area (Å²) in [5.74, 6) is 0.223. The van der Waals surface area contributed by atoms with Crippen LogP contribution in [0.3, 0.4) is 0 Å². The van der Waals surface area contributed by atoms with Gasteiger partial charge in [0.05, 0.1) is 0 Å². The molecular formula is C12H13N3O. The minimum absolute atomic E-state index is 0.223. The number of hydrogen-bond acceptors (Lipinski definition) is 4. The van der Waals surface area contributed by atoms with Crippen LogP contribution in [-0.2, 0) is 6.54 Å². The van der Waals surface area contributed by atoms with Crippen molar-refractivity contribution >= 4 is 11.4 Å². The van der Waals surface area contributed by atoms with Crippen LogP contribution in [0.25, 0.3) is 0 Å². The van der Waals surface area contributed by atoms with Gasteiger partial charge < -0.3 is 16.2 Å². The molecule has 4 heteroatoms. The van der Waals surface area contributed by atoms with Crippen molar-refractivity contribution in [1.29, 1.82) is 0 Å². The molecule has 1 aromatic heterocycles. The van der Waals surface area contributed by atoms with Crippen molar-refractivity contribution in [2.75, 3.05) is 11.1 Å². The molecule has 0 spiro atoms. The number of rotatable bonds is 3. The monoisotopic (exact) mass is 215 g/mol. The highest BCUT2D eigenvalue weighted by Crippen LogP contribution is 2.19. The molecule has 0 aliphatic carbocycles. The van der Waals surface area contributed by atoms with Gasteiger partial charge in [0.2, 0.25) is 0 Å². The number of benzene rings is 1. The molecule has 2 rings (SSSR count). The van der Waals surface area contributed by atoms with Crippen LogP contribution in [0.4, 0.5) is 11.4 Å². The fourth-order valence-electron chi connectivity index (χ4n) is 1.41. The van der Waals surface area contributed by atoms with Crippen LogP contribution >= 0.6 is 0 Å². The Balaban J connectivity index is 2.08. The van der Waals surface area contributed by atoms with Crippen LogP contribution in [0, 0.1) is 0 Å². The van der Waals surface area contributed by atoms with Gasteiger partial charge in [-0.1, -0.05) is 0 Å². The van der Waals surface area contributed by atoms with E-state index in [1.54, 1.807) is 30.6 Å². The van der Waals surface area contributed by atoms with E-state index >= 15 is 0 Å². The van der Waals surface area contributed by atoms with Gasteiger partial charge in [0.25, 0.3) is 0 Å². The molecule has 4 N–H and O–H groups in total. The number of nitrogens with one attached hydrogen (secondary N) is 1. The van der Waals surface area contributed by atoms with Crippen LogP contribution < -0.4 is 11.1 Å². The van der Waals surface area contributed by atoms with Crippen molar-refractivity contribution < 1.29 is 5.11 Å². The lowest BCUT2D eigenvalue weighted by molar-refractivity contribution is 0.475. The standard InChI is InChI=1S/C12H13N3O/c13-12-2-1-11(16)7-9(12)8-15-10-3-5-14-6-4-10/h1-7,16H,8,13H2,(H,14,15). The smallest absolute Gasteiger partial charge is 0.116 e. The highest BCUT2D eigenvalue weighted by Gasteiger charge is 2.00. The van der Waals surface area contributed by atoms with Crippen molar-refractivity contribution in [3.8, 4) is 5.75 Å². The summed E-state index contributed by atoms with van der Waals surface area (Å²) in [6.45, 7) is 0.574. The van der Waals surface area contributed by atoms with E-state index in [0.29, 0.717) is 12.2 Å². The zero-order valence-corrected chi connectivity index (χ0v) is 8.72. The molecule has 16 heavy (non-hydrogen) atoms. The summed E-state index contributed by atoms with van der Waals surface area (Å²) in [5.41, 5.74) is 8.30. The highest BCUT2D eigenvalue weighted by molar-refractivity contribution is 5.52. The van der Waals surface area contributed by atoms with Gasteiger partial charge in [-0.05, 0) is 35.9 Å². The highest BCUT2D eigenvalue weighted by atomic mass is 16.3. The van der Waals surface area contributed by atoms with E-state index in [1.165, 1.54) is 0 Å². The zero-order chi connectivity index (χ0) is 11.4. The van der Waals surface area contributed by atoms with Crippen LogP contribution in [0.5, 0.6) is 5.75 Å². The number of nitrogens with two attached hydrogens (primary N) is 1. The largest absolute Gasteiger partial charge is 0.508 e. The van der Waals surface area contributed by atoms with Gasteiger partial charge in [-0.15, -0.1) is 0 Å². The number of nitrogens with zero attached hydrogens (tertiary/aromatic N) is 1. The van der Waals surface area contributed by atoms with Crippen molar-refractivity contribution in [3.05, 3.63) is 48.3 Å². The Kier molecular flexibility index (Phi) is 2.91. The number of phenols is 1. The topological polar surface area (TPSA) is 71.2 Å². The van der Waals surface area contributed by atoms with Gasteiger partial charge >= 0.3 is 0 Å². The van der Waals surface area contributed by atoms with E-state index in [1.807, 2.05) is 12.1 Å². The molecule has 0 bridgehead atoms. The Labute approximate surface area is 93.8 Å². The molecule has 0 amide bonds. The Morgan fingerprint density at radius 1 is 1.19 bits per heavy atom. The Morgan fingerprint density at radius 2 is 1.94 bits per heavy atom. The zero-order valence-electron chi connectivity index (χ0n) is 8.72. The number of hydrogen-bond donors (Lipinski definition) is 3. The maximum atomic E-state index is 9.34. The lowest BCUT2D eigenvalue weighted by Crippen LogP contribution is -2.02. The van der Waals surface area contributed by atoms with Gasteiger partial charge in [0.15, 0.2) is 0 Å². The van der Waals surface area contributed by atoms with E-state index in [4.69, 9.17) is 5.73 Å². The molecule has 1 heterocycles. The molecule has 0 saturated carbocycles. The summed E-state index contributed by atoms with van der Waals surface area (Å²) in [6.07, 6.45) is 3.43. The summed E-state index contributed by atoms with van der Waals surface area (Å²) in [5, 5.41) is 12.5. The third-order valence-electron chi connectivity index (χ3n) is 2.29. The summed E-state index contributed by atoms with van der Waals surface area (Å²) < 4.78 is 0. The molecule has 0 aliphatic heterocycles. The fraction of sp³-hybridized carbons (Fsp3) is 0.0833. The molecule has 1 aromatic carbocycles. The predicted molar refractivity (Wildman–Crippen MR) is 64.1 cm³/mol.